The molecule has 0 amide bonds. The number of ether oxygens (including phenoxy) is 1. The van der Waals surface area contributed by atoms with Crippen LogP contribution in [0.1, 0.15) is 17.3 Å². The van der Waals surface area contributed by atoms with Gasteiger partial charge in [0.05, 0.1) is 5.02 Å². The number of benzene rings is 1. The maximum Gasteiger partial charge on any atom is 0.253 e. The van der Waals surface area contributed by atoms with Crippen molar-refractivity contribution in [2.45, 2.75) is 20.1 Å². The second-order valence-electron chi connectivity index (χ2n) is 3.44. The number of nitrogens with two attached hydrogens (primary N) is 1. The van der Waals surface area contributed by atoms with Crippen LogP contribution in [0.3, 0.4) is 0 Å². The smallest absolute Gasteiger partial charge is 0.253 e. The van der Waals surface area contributed by atoms with Gasteiger partial charge in [-0.15, -0.1) is 10.2 Å². The first-order chi connectivity index (χ1) is 8.20. The minimum absolute atomic E-state index is 0.178. The van der Waals surface area contributed by atoms with Crippen molar-refractivity contribution in [2.24, 2.45) is 5.73 Å². The van der Waals surface area contributed by atoms with E-state index < -0.39 is 0 Å². The monoisotopic (exact) mass is 253 g/mol. The summed E-state index contributed by atoms with van der Waals surface area (Å²) in [5.41, 5.74) is 6.44. The Morgan fingerprint density at radius 1 is 1.41 bits per heavy atom. The molecule has 0 saturated carbocycles. The summed E-state index contributed by atoms with van der Waals surface area (Å²) in [5.74, 6) is 1.47. The third-order valence-electron chi connectivity index (χ3n) is 2.18. The summed E-state index contributed by atoms with van der Waals surface area (Å²) in [5, 5.41) is 8.06. The predicted molar refractivity (Wildman–Crippen MR) is 62.7 cm³/mol. The molecule has 0 saturated heterocycles. The number of hydrogen-bond acceptors (Lipinski definition) is 5. The first kappa shape index (κ1) is 11.9. The van der Waals surface area contributed by atoms with Crippen LogP contribution in [0.15, 0.2) is 22.6 Å². The minimum Gasteiger partial charge on any atom is -0.482 e. The summed E-state index contributed by atoms with van der Waals surface area (Å²) in [7, 11) is 0. The summed E-state index contributed by atoms with van der Waals surface area (Å²) in [6, 6.07) is 5.43. The van der Waals surface area contributed by atoms with Crippen molar-refractivity contribution in [1.29, 1.82) is 0 Å². The molecule has 0 radical (unpaired) electrons. The molecule has 1 aromatic carbocycles. The number of hydrogen-bond donors (Lipinski definition) is 1. The van der Waals surface area contributed by atoms with E-state index in [-0.39, 0.29) is 6.61 Å². The lowest BCUT2D eigenvalue weighted by Gasteiger charge is -2.10. The molecular formula is C11H12ClN3O2. The van der Waals surface area contributed by atoms with Gasteiger partial charge in [0.1, 0.15) is 5.75 Å². The Morgan fingerprint density at radius 2 is 2.24 bits per heavy atom. The van der Waals surface area contributed by atoms with E-state index in [1.165, 1.54) is 0 Å². The Balaban J connectivity index is 2.13. The Bertz CT molecular complexity index is 513. The van der Waals surface area contributed by atoms with Crippen LogP contribution in [0, 0.1) is 6.92 Å². The lowest BCUT2D eigenvalue weighted by Crippen LogP contribution is -2.03. The van der Waals surface area contributed by atoms with Gasteiger partial charge >= 0.3 is 0 Å². The van der Waals surface area contributed by atoms with E-state index in [1.807, 2.05) is 12.1 Å². The first-order valence-electron chi connectivity index (χ1n) is 5.10. The SMILES string of the molecule is Cc1nnc(COc2c(Cl)cccc2CN)o1. The molecule has 5 nitrogen and oxygen atoms in total. The van der Waals surface area contributed by atoms with Crippen molar-refractivity contribution in [3.63, 3.8) is 0 Å². The Labute approximate surface area is 104 Å². The van der Waals surface area contributed by atoms with Gasteiger partial charge in [-0.25, -0.2) is 0 Å². The van der Waals surface area contributed by atoms with Crippen molar-refractivity contribution < 1.29 is 9.15 Å². The van der Waals surface area contributed by atoms with E-state index in [0.29, 0.717) is 29.1 Å². The summed E-state index contributed by atoms with van der Waals surface area (Å²) >= 11 is 6.03. The van der Waals surface area contributed by atoms with Gasteiger partial charge in [-0.2, -0.15) is 0 Å². The fourth-order valence-electron chi connectivity index (χ4n) is 1.41. The van der Waals surface area contributed by atoms with Gasteiger partial charge < -0.3 is 14.9 Å². The van der Waals surface area contributed by atoms with E-state index in [9.17, 15) is 0 Å². The molecule has 90 valence electrons. The van der Waals surface area contributed by atoms with E-state index in [2.05, 4.69) is 10.2 Å². The second-order valence-corrected chi connectivity index (χ2v) is 3.84. The molecule has 1 aromatic heterocycles. The second kappa shape index (κ2) is 5.16. The fourth-order valence-corrected chi connectivity index (χ4v) is 1.65. The number of aryl methyl sites for hydroxylation is 1. The van der Waals surface area contributed by atoms with Crippen molar-refractivity contribution in [3.05, 3.63) is 40.6 Å². The quantitative estimate of drug-likeness (QED) is 0.903. The third kappa shape index (κ3) is 2.75. The zero-order valence-corrected chi connectivity index (χ0v) is 10.1. The molecule has 17 heavy (non-hydrogen) atoms. The van der Waals surface area contributed by atoms with E-state index in [4.69, 9.17) is 26.5 Å². The molecule has 6 heteroatoms. The highest BCUT2D eigenvalue weighted by molar-refractivity contribution is 6.32. The van der Waals surface area contributed by atoms with Crippen molar-refractivity contribution in [2.75, 3.05) is 0 Å². The molecule has 0 aliphatic carbocycles. The van der Waals surface area contributed by atoms with Gasteiger partial charge in [-0.3, -0.25) is 0 Å². The molecule has 2 N–H and O–H groups in total. The number of nitrogens with zero attached hydrogens (tertiary/aromatic N) is 2. The van der Waals surface area contributed by atoms with Gasteiger partial charge in [0, 0.05) is 19.0 Å². The van der Waals surface area contributed by atoms with Crippen LogP contribution >= 0.6 is 11.6 Å². The van der Waals surface area contributed by atoms with Crippen molar-refractivity contribution >= 4 is 11.6 Å². The van der Waals surface area contributed by atoms with Crippen LogP contribution in [-0.4, -0.2) is 10.2 Å². The maximum atomic E-state index is 6.03. The van der Waals surface area contributed by atoms with Gasteiger partial charge in [-0.05, 0) is 6.07 Å². The topological polar surface area (TPSA) is 74.2 Å². The predicted octanol–water partition coefficient (Wildman–Crippen LogP) is 2.07. The van der Waals surface area contributed by atoms with Crippen molar-refractivity contribution in [1.82, 2.24) is 10.2 Å². The van der Waals surface area contributed by atoms with Crippen LogP contribution in [0.5, 0.6) is 5.75 Å². The summed E-state index contributed by atoms with van der Waals surface area (Å²) in [6.45, 7) is 2.26. The molecule has 2 aromatic rings. The molecule has 0 unspecified atom stereocenters. The zero-order chi connectivity index (χ0) is 12.3. The fraction of sp³-hybridized carbons (Fsp3) is 0.273. The zero-order valence-electron chi connectivity index (χ0n) is 9.31. The molecule has 0 fully saturated rings. The van der Waals surface area contributed by atoms with Crippen LogP contribution in [0.4, 0.5) is 0 Å². The average Bonchev–Trinajstić information content (AvgIpc) is 2.73. The molecule has 1 heterocycles. The van der Waals surface area contributed by atoms with Gasteiger partial charge in [0.25, 0.3) is 5.89 Å². The minimum atomic E-state index is 0.178. The normalized spacial score (nSPS) is 10.5. The summed E-state index contributed by atoms with van der Waals surface area (Å²) in [6.07, 6.45) is 0. The van der Waals surface area contributed by atoms with Crippen LogP contribution in [0.2, 0.25) is 5.02 Å². The van der Waals surface area contributed by atoms with Crippen molar-refractivity contribution in [3.8, 4) is 5.75 Å². The third-order valence-corrected chi connectivity index (χ3v) is 2.47. The van der Waals surface area contributed by atoms with E-state index >= 15 is 0 Å². The standard InChI is InChI=1S/C11H12ClN3O2/c1-7-14-15-10(17-7)6-16-11-8(5-13)3-2-4-9(11)12/h2-4H,5-6,13H2,1H3. The highest BCUT2D eigenvalue weighted by Gasteiger charge is 2.09. The highest BCUT2D eigenvalue weighted by atomic mass is 35.5. The Morgan fingerprint density at radius 3 is 2.88 bits per heavy atom. The summed E-state index contributed by atoms with van der Waals surface area (Å²) in [4.78, 5) is 0. The Hall–Kier alpha value is -1.59. The molecule has 0 bridgehead atoms. The van der Waals surface area contributed by atoms with Gasteiger partial charge in [-0.1, -0.05) is 23.7 Å². The van der Waals surface area contributed by atoms with Crippen LogP contribution in [0.25, 0.3) is 0 Å². The van der Waals surface area contributed by atoms with Crippen LogP contribution < -0.4 is 10.5 Å². The van der Waals surface area contributed by atoms with E-state index in [1.54, 1.807) is 13.0 Å². The molecular weight excluding hydrogens is 242 g/mol. The molecule has 0 aliphatic heterocycles. The number of para-hydroxylation sites is 1. The number of halogens is 1. The largest absolute Gasteiger partial charge is 0.482 e. The van der Waals surface area contributed by atoms with Gasteiger partial charge in [0.2, 0.25) is 5.89 Å². The molecule has 0 aliphatic rings. The number of rotatable bonds is 4. The van der Waals surface area contributed by atoms with Crippen LogP contribution in [-0.2, 0) is 13.2 Å². The van der Waals surface area contributed by atoms with Gasteiger partial charge in [0.15, 0.2) is 6.61 Å². The first-order valence-corrected chi connectivity index (χ1v) is 5.47. The van der Waals surface area contributed by atoms with E-state index in [0.717, 1.165) is 5.56 Å². The highest BCUT2D eigenvalue weighted by Crippen LogP contribution is 2.28. The Kier molecular flexibility index (Phi) is 3.61. The molecule has 0 spiro atoms. The molecule has 0 atom stereocenters. The summed E-state index contributed by atoms with van der Waals surface area (Å²) < 4.78 is 10.7. The average molecular weight is 254 g/mol. The lowest BCUT2D eigenvalue weighted by molar-refractivity contribution is 0.258. The maximum absolute atomic E-state index is 6.03. The number of aromatic nitrogens is 2. The molecule has 2 rings (SSSR count). The lowest BCUT2D eigenvalue weighted by atomic mass is 10.2.